The Labute approximate surface area is 96.8 Å². The first kappa shape index (κ1) is 12.7. The molecule has 1 rings (SSSR count). The molecule has 0 radical (unpaired) electrons. The predicted molar refractivity (Wildman–Crippen MR) is 64.3 cm³/mol. The van der Waals surface area contributed by atoms with Crippen LogP contribution in [0.5, 0.6) is 0 Å². The van der Waals surface area contributed by atoms with Crippen LogP contribution in [0.15, 0.2) is 24.3 Å². The molecule has 0 aliphatic rings. The summed E-state index contributed by atoms with van der Waals surface area (Å²) in [7, 11) is 1.39. The topological polar surface area (TPSA) is 38.3 Å². The van der Waals surface area contributed by atoms with Crippen molar-refractivity contribution in [3.05, 3.63) is 35.4 Å². The number of ether oxygens (including phenoxy) is 1. The fraction of sp³-hybridized carbons (Fsp3) is 0.462. The van der Waals surface area contributed by atoms with Gasteiger partial charge in [0.1, 0.15) is 0 Å². The van der Waals surface area contributed by atoms with E-state index in [9.17, 15) is 4.79 Å². The summed E-state index contributed by atoms with van der Waals surface area (Å²) in [5.74, 6) is 0.316. The molecule has 0 amide bonds. The number of nitrogens with one attached hydrogen (secondary N) is 1. The molecule has 0 aliphatic heterocycles. The Hall–Kier alpha value is -1.35. The Kier molecular flexibility index (Phi) is 4.99. The zero-order valence-electron chi connectivity index (χ0n) is 10.1. The van der Waals surface area contributed by atoms with E-state index >= 15 is 0 Å². The Morgan fingerprint density at radius 1 is 1.31 bits per heavy atom. The number of methoxy groups -OCH3 is 1. The van der Waals surface area contributed by atoms with Gasteiger partial charge in [0.25, 0.3) is 0 Å². The van der Waals surface area contributed by atoms with Gasteiger partial charge in [-0.05, 0) is 17.0 Å². The minimum Gasteiger partial charge on any atom is -0.468 e. The van der Waals surface area contributed by atoms with E-state index in [-0.39, 0.29) is 12.5 Å². The number of hydrogen-bond acceptors (Lipinski definition) is 3. The highest BCUT2D eigenvalue weighted by atomic mass is 16.5. The summed E-state index contributed by atoms with van der Waals surface area (Å²) < 4.78 is 4.54. The second-order valence-corrected chi connectivity index (χ2v) is 4.08. The lowest BCUT2D eigenvalue weighted by Gasteiger charge is -2.07. The average molecular weight is 221 g/mol. The summed E-state index contributed by atoms with van der Waals surface area (Å²) in [6.07, 6.45) is 0. The van der Waals surface area contributed by atoms with Crippen LogP contribution < -0.4 is 5.32 Å². The molecule has 0 heterocycles. The van der Waals surface area contributed by atoms with Gasteiger partial charge in [-0.25, -0.2) is 0 Å². The Balaban J connectivity index is 2.40. The molecule has 1 aromatic carbocycles. The maximum absolute atomic E-state index is 10.9. The number of benzene rings is 1. The van der Waals surface area contributed by atoms with E-state index in [1.165, 1.54) is 18.2 Å². The molecular weight excluding hydrogens is 202 g/mol. The van der Waals surface area contributed by atoms with Gasteiger partial charge in [-0.1, -0.05) is 38.1 Å². The van der Waals surface area contributed by atoms with Crippen LogP contribution in [-0.4, -0.2) is 19.6 Å². The molecule has 0 saturated heterocycles. The van der Waals surface area contributed by atoms with E-state index in [0.717, 1.165) is 0 Å². The molecule has 0 unspecified atom stereocenters. The molecule has 0 spiro atoms. The van der Waals surface area contributed by atoms with E-state index in [1.54, 1.807) is 0 Å². The number of esters is 1. The van der Waals surface area contributed by atoms with Crippen LogP contribution in [0.1, 0.15) is 30.9 Å². The van der Waals surface area contributed by atoms with Crippen LogP contribution in [0.4, 0.5) is 0 Å². The fourth-order valence-corrected chi connectivity index (χ4v) is 1.40. The van der Waals surface area contributed by atoms with Gasteiger partial charge in [0.05, 0.1) is 13.7 Å². The first-order valence-corrected chi connectivity index (χ1v) is 5.50. The maximum atomic E-state index is 10.9. The zero-order valence-corrected chi connectivity index (χ0v) is 10.1. The molecule has 1 N–H and O–H groups in total. The lowest BCUT2D eigenvalue weighted by Crippen LogP contribution is -2.23. The summed E-state index contributed by atoms with van der Waals surface area (Å²) in [4.78, 5) is 10.9. The van der Waals surface area contributed by atoms with Gasteiger partial charge in [0.2, 0.25) is 0 Å². The highest BCUT2D eigenvalue weighted by Crippen LogP contribution is 2.14. The molecule has 0 bridgehead atoms. The van der Waals surface area contributed by atoms with Crippen LogP contribution in [0.2, 0.25) is 0 Å². The van der Waals surface area contributed by atoms with Crippen LogP contribution in [0, 0.1) is 0 Å². The molecule has 0 atom stereocenters. The van der Waals surface area contributed by atoms with Gasteiger partial charge in [-0.15, -0.1) is 0 Å². The highest BCUT2D eigenvalue weighted by molar-refractivity contribution is 5.71. The molecule has 3 heteroatoms. The van der Waals surface area contributed by atoms with Gasteiger partial charge in [-0.3, -0.25) is 4.79 Å². The van der Waals surface area contributed by atoms with E-state index < -0.39 is 0 Å². The van der Waals surface area contributed by atoms with Crippen molar-refractivity contribution < 1.29 is 9.53 Å². The molecule has 3 nitrogen and oxygen atoms in total. The first-order valence-electron chi connectivity index (χ1n) is 5.50. The Morgan fingerprint density at radius 2 is 1.94 bits per heavy atom. The second-order valence-electron chi connectivity index (χ2n) is 4.08. The zero-order chi connectivity index (χ0) is 12.0. The quantitative estimate of drug-likeness (QED) is 0.774. The van der Waals surface area contributed by atoms with Crippen molar-refractivity contribution in [2.45, 2.75) is 26.3 Å². The van der Waals surface area contributed by atoms with Crippen LogP contribution in [0.3, 0.4) is 0 Å². The molecule has 88 valence electrons. The minimum absolute atomic E-state index is 0.237. The fourth-order valence-electron chi connectivity index (χ4n) is 1.40. The van der Waals surface area contributed by atoms with Crippen molar-refractivity contribution in [1.29, 1.82) is 0 Å². The van der Waals surface area contributed by atoms with E-state index in [2.05, 4.69) is 48.2 Å². The summed E-state index contributed by atoms with van der Waals surface area (Å²) in [6, 6.07) is 8.42. The molecule has 0 fully saturated rings. The summed E-state index contributed by atoms with van der Waals surface area (Å²) in [5, 5.41) is 3.03. The number of carbonyl (C=O) groups is 1. The highest BCUT2D eigenvalue weighted by Gasteiger charge is 2.00. The van der Waals surface area contributed by atoms with Crippen molar-refractivity contribution in [3.8, 4) is 0 Å². The van der Waals surface area contributed by atoms with Gasteiger partial charge < -0.3 is 10.1 Å². The average Bonchev–Trinajstić information content (AvgIpc) is 2.29. The van der Waals surface area contributed by atoms with Crippen molar-refractivity contribution in [1.82, 2.24) is 5.32 Å². The lowest BCUT2D eigenvalue weighted by atomic mass is 10.0. The number of carbonyl (C=O) groups excluding carboxylic acids is 1. The van der Waals surface area contributed by atoms with E-state index in [4.69, 9.17) is 0 Å². The Bertz CT molecular complexity index is 330. The van der Waals surface area contributed by atoms with E-state index in [0.29, 0.717) is 12.5 Å². The smallest absolute Gasteiger partial charge is 0.319 e. The third-order valence-electron chi connectivity index (χ3n) is 2.47. The first-order chi connectivity index (χ1) is 7.63. The largest absolute Gasteiger partial charge is 0.468 e. The summed E-state index contributed by atoms with van der Waals surface area (Å²) in [5.41, 5.74) is 2.50. The third kappa shape index (κ3) is 4.03. The summed E-state index contributed by atoms with van der Waals surface area (Å²) in [6.45, 7) is 5.28. The molecule has 0 aliphatic carbocycles. The molecular formula is C13H19NO2. The van der Waals surface area contributed by atoms with Crippen LogP contribution in [0.25, 0.3) is 0 Å². The third-order valence-corrected chi connectivity index (χ3v) is 2.47. The molecule has 0 saturated carbocycles. The van der Waals surface area contributed by atoms with Crippen molar-refractivity contribution >= 4 is 5.97 Å². The molecule has 16 heavy (non-hydrogen) atoms. The van der Waals surface area contributed by atoms with Gasteiger partial charge in [-0.2, -0.15) is 0 Å². The SMILES string of the molecule is COC(=O)CNCc1ccc(C(C)C)cc1. The monoisotopic (exact) mass is 221 g/mol. The van der Waals surface area contributed by atoms with E-state index in [1.807, 2.05) is 0 Å². The normalized spacial score (nSPS) is 10.5. The van der Waals surface area contributed by atoms with Crippen molar-refractivity contribution in [2.75, 3.05) is 13.7 Å². The number of rotatable bonds is 5. The van der Waals surface area contributed by atoms with Crippen LogP contribution in [-0.2, 0) is 16.1 Å². The predicted octanol–water partition coefficient (Wildman–Crippen LogP) is 2.07. The van der Waals surface area contributed by atoms with Crippen molar-refractivity contribution in [2.24, 2.45) is 0 Å². The van der Waals surface area contributed by atoms with Gasteiger partial charge >= 0.3 is 5.97 Å². The maximum Gasteiger partial charge on any atom is 0.319 e. The second kappa shape index (κ2) is 6.28. The van der Waals surface area contributed by atoms with Gasteiger partial charge in [0, 0.05) is 6.54 Å². The summed E-state index contributed by atoms with van der Waals surface area (Å²) >= 11 is 0. The molecule has 0 aromatic heterocycles. The standard InChI is InChI=1S/C13H19NO2/c1-10(2)12-6-4-11(5-7-12)8-14-9-13(15)16-3/h4-7,10,14H,8-9H2,1-3H3. The van der Waals surface area contributed by atoms with Gasteiger partial charge in [0.15, 0.2) is 0 Å². The van der Waals surface area contributed by atoms with Crippen LogP contribution >= 0.6 is 0 Å². The minimum atomic E-state index is -0.237. The Morgan fingerprint density at radius 3 is 2.44 bits per heavy atom. The van der Waals surface area contributed by atoms with Crippen molar-refractivity contribution in [3.63, 3.8) is 0 Å². The number of hydrogen-bond donors (Lipinski definition) is 1. The molecule has 1 aromatic rings. The lowest BCUT2D eigenvalue weighted by molar-refractivity contribution is -0.139.